The first-order valence-corrected chi connectivity index (χ1v) is 8.84. The lowest BCUT2D eigenvalue weighted by Gasteiger charge is -2.25. The summed E-state index contributed by atoms with van der Waals surface area (Å²) in [5.41, 5.74) is 7.31. The van der Waals surface area contributed by atoms with Gasteiger partial charge in [0.25, 0.3) is 0 Å². The molecule has 1 atom stereocenters. The smallest absolute Gasteiger partial charge is 0.0701 e. The molecule has 2 heterocycles. The van der Waals surface area contributed by atoms with Gasteiger partial charge in [0.15, 0.2) is 0 Å². The van der Waals surface area contributed by atoms with Crippen LogP contribution in [0.3, 0.4) is 0 Å². The summed E-state index contributed by atoms with van der Waals surface area (Å²) >= 11 is 7.12. The molecule has 5 heteroatoms. The molecule has 0 bridgehead atoms. The molecule has 0 saturated carbocycles. The van der Waals surface area contributed by atoms with E-state index in [0.717, 1.165) is 13.0 Å². The summed E-state index contributed by atoms with van der Waals surface area (Å²) in [6.07, 6.45) is 1.10. The number of halogens is 1. The Bertz CT molecular complexity index is 521. The summed E-state index contributed by atoms with van der Waals surface area (Å²) in [7, 11) is 2.15. The Morgan fingerprint density at radius 2 is 2.21 bits per heavy atom. The molecule has 2 aromatic rings. The van der Waals surface area contributed by atoms with Gasteiger partial charge in [-0.15, -0.1) is 22.7 Å². The van der Waals surface area contributed by atoms with Gasteiger partial charge in [0.1, 0.15) is 0 Å². The predicted molar refractivity (Wildman–Crippen MR) is 89.0 cm³/mol. The standard InChI is InChI=1S/C14H19BrN2S2/c1-3-11-4-5-13(19-11)12(7-16)17(2)8-10-6-14(15)18-9-10/h4-6,9,12H,3,7-8,16H2,1-2H3. The van der Waals surface area contributed by atoms with E-state index in [2.05, 4.69) is 58.4 Å². The van der Waals surface area contributed by atoms with Gasteiger partial charge in [0.05, 0.1) is 9.83 Å². The Hall–Kier alpha value is -0.200. The van der Waals surface area contributed by atoms with Crippen molar-refractivity contribution >= 4 is 38.6 Å². The number of hydrogen-bond donors (Lipinski definition) is 1. The minimum atomic E-state index is 0.309. The van der Waals surface area contributed by atoms with Crippen molar-refractivity contribution in [1.29, 1.82) is 0 Å². The van der Waals surface area contributed by atoms with Gasteiger partial charge in [-0.25, -0.2) is 0 Å². The Balaban J connectivity index is 2.08. The monoisotopic (exact) mass is 358 g/mol. The molecule has 104 valence electrons. The Morgan fingerprint density at radius 1 is 1.42 bits per heavy atom. The van der Waals surface area contributed by atoms with Gasteiger partial charge in [-0.1, -0.05) is 6.92 Å². The molecule has 0 fully saturated rings. The zero-order valence-electron chi connectivity index (χ0n) is 11.2. The van der Waals surface area contributed by atoms with Gasteiger partial charge in [-0.05, 0) is 58.5 Å². The van der Waals surface area contributed by atoms with Crippen molar-refractivity contribution < 1.29 is 0 Å². The molecule has 0 aliphatic carbocycles. The lowest BCUT2D eigenvalue weighted by molar-refractivity contribution is 0.245. The van der Waals surface area contributed by atoms with E-state index in [1.165, 1.54) is 19.1 Å². The maximum absolute atomic E-state index is 5.97. The number of thiophene rings is 2. The molecular weight excluding hydrogens is 340 g/mol. The number of rotatable bonds is 6. The van der Waals surface area contributed by atoms with Gasteiger partial charge in [0.2, 0.25) is 0 Å². The normalized spacial score (nSPS) is 13.1. The van der Waals surface area contributed by atoms with Gasteiger partial charge >= 0.3 is 0 Å². The van der Waals surface area contributed by atoms with Crippen LogP contribution in [0, 0.1) is 0 Å². The van der Waals surface area contributed by atoms with Crippen LogP contribution in [-0.4, -0.2) is 18.5 Å². The predicted octanol–water partition coefficient (Wildman–Crippen LogP) is 4.27. The number of likely N-dealkylation sites (N-methyl/N-ethyl adjacent to an activating group) is 1. The maximum Gasteiger partial charge on any atom is 0.0701 e. The highest BCUT2D eigenvalue weighted by Gasteiger charge is 2.17. The third kappa shape index (κ3) is 3.89. The van der Waals surface area contributed by atoms with E-state index in [9.17, 15) is 0 Å². The molecule has 0 aliphatic heterocycles. The van der Waals surface area contributed by atoms with E-state index >= 15 is 0 Å². The summed E-state index contributed by atoms with van der Waals surface area (Å²) in [6, 6.07) is 6.93. The van der Waals surface area contributed by atoms with Crippen molar-refractivity contribution in [2.24, 2.45) is 5.73 Å². The molecule has 0 radical (unpaired) electrons. The second-order valence-corrected chi connectivity index (χ2v) is 8.07. The van der Waals surface area contributed by atoms with Gasteiger partial charge in [-0.3, -0.25) is 4.90 Å². The minimum Gasteiger partial charge on any atom is -0.329 e. The third-order valence-electron chi connectivity index (χ3n) is 3.17. The highest BCUT2D eigenvalue weighted by Crippen LogP contribution is 2.29. The number of aryl methyl sites for hydroxylation is 1. The van der Waals surface area contributed by atoms with Crippen molar-refractivity contribution in [3.8, 4) is 0 Å². The van der Waals surface area contributed by atoms with Crippen LogP contribution in [0.25, 0.3) is 0 Å². The van der Waals surface area contributed by atoms with E-state index in [1.54, 1.807) is 11.3 Å². The first kappa shape index (κ1) is 15.2. The van der Waals surface area contributed by atoms with Crippen LogP contribution in [0.4, 0.5) is 0 Å². The van der Waals surface area contributed by atoms with E-state index in [1.807, 2.05) is 11.3 Å². The molecule has 0 saturated heterocycles. The molecule has 1 unspecified atom stereocenters. The van der Waals surface area contributed by atoms with Gasteiger partial charge in [0, 0.05) is 22.8 Å². The number of nitrogens with zero attached hydrogens (tertiary/aromatic N) is 1. The summed E-state index contributed by atoms with van der Waals surface area (Å²) in [5, 5.41) is 2.19. The zero-order chi connectivity index (χ0) is 13.8. The van der Waals surface area contributed by atoms with E-state index < -0.39 is 0 Å². The average molecular weight is 359 g/mol. The largest absolute Gasteiger partial charge is 0.329 e. The SMILES string of the molecule is CCc1ccc(C(CN)N(C)Cc2csc(Br)c2)s1. The third-order valence-corrected chi connectivity index (χ3v) is 6.05. The van der Waals surface area contributed by atoms with Crippen LogP contribution in [0.15, 0.2) is 27.4 Å². The van der Waals surface area contributed by atoms with E-state index in [-0.39, 0.29) is 0 Å². The fourth-order valence-corrected chi connectivity index (χ4v) is 4.44. The molecule has 0 amide bonds. The summed E-state index contributed by atoms with van der Waals surface area (Å²) in [5.74, 6) is 0. The second-order valence-electron chi connectivity index (χ2n) is 4.58. The fourth-order valence-electron chi connectivity index (χ4n) is 2.10. The first-order valence-electron chi connectivity index (χ1n) is 6.35. The van der Waals surface area contributed by atoms with E-state index in [4.69, 9.17) is 5.73 Å². The Labute approximate surface area is 131 Å². The summed E-state index contributed by atoms with van der Waals surface area (Å²) in [6.45, 7) is 3.79. The van der Waals surface area contributed by atoms with Crippen molar-refractivity contribution in [1.82, 2.24) is 4.90 Å². The zero-order valence-corrected chi connectivity index (χ0v) is 14.4. The van der Waals surface area contributed by atoms with Crippen molar-refractivity contribution in [2.75, 3.05) is 13.6 Å². The molecular formula is C14H19BrN2S2. The molecule has 2 N–H and O–H groups in total. The summed E-state index contributed by atoms with van der Waals surface area (Å²) in [4.78, 5) is 5.14. The second kappa shape index (κ2) is 6.99. The number of hydrogen-bond acceptors (Lipinski definition) is 4. The average Bonchev–Trinajstić information content (AvgIpc) is 3.00. The van der Waals surface area contributed by atoms with Crippen LogP contribution in [0.1, 0.15) is 28.3 Å². The lowest BCUT2D eigenvalue weighted by atomic mass is 10.2. The van der Waals surface area contributed by atoms with Crippen molar-refractivity contribution in [2.45, 2.75) is 25.9 Å². The number of nitrogens with two attached hydrogens (primary N) is 1. The first-order chi connectivity index (χ1) is 9.13. The minimum absolute atomic E-state index is 0.309. The van der Waals surface area contributed by atoms with Crippen LogP contribution < -0.4 is 5.73 Å². The topological polar surface area (TPSA) is 29.3 Å². The molecule has 2 rings (SSSR count). The van der Waals surface area contributed by atoms with Crippen molar-refractivity contribution in [3.05, 3.63) is 42.7 Å². The molecule has 2 aromatic heterocycles. The van der Waals surface area contributed by atoms with Gasteiger partial charge in [-0.2, -0.15) is 0 Å². The molecule has 0 aliphatic rings. The summed E-state index contributed by atoms with van der Waals surface area (Å²) < 4.78 is 1.18. The highest BCUT2D eigenvalue weighted by molar-refractivity contribution is 9.11. The molecule has 19 heavy (non-hydrogen) atoms. The van der Waals surface area contributed by atoms with Crippen molar-refractivity contribution in [3.63, 3.8) is 0 Å². The van der Waals surface area contributed by atoms with Gasteiger partial charge < -0.3 is 5.73 Å². The maximum atomic E-state index is 5.97. The van der Waals surface area contributed by atoms with Crippen LogP contribution in [-0.2, 0) is 13.0 Å². The highest BCUT2D eigenvalue weighted by atomic mass is 79.9. The lowest BCUT2D eigenvalue weighted by Crippen LogP contribution is -2.29. The molecule has 0 spiro atoms. The molecule has 2 nitrogen and oxygen atoms in total. The Morgan fingerprint density at radius 3 is 2.74 bits per heavy atom. The van der Waals surface area contributed by atoms with Crippen LogP contribution >= 0.6 is 38.6 Å². The Kier molecular flexibility index (Phi) is 5.59. The van der Waals surface area contributed by atoms with Crippen LogP contribution in [0.2, 0.25) is 0 Å². The van der Waals surface area contributed by atoms with E-state index in [0.29, 0.717) is 12.6 Å². The van der Waals surface area contributed by atoms with Crippen LogP contribution in [0.5, 0.6) is 0 Å². The fraction of sp³-hybridized carbons (Fsp3) is 0.429. The quantitative estimate of drug-likeness (QED) is 0.835. The molecule has 0 aromatic carbocycles.